The summed E-state index contributed by atoms with van der Waals surface area (Å²) in [5, 5.41) is 3.04. The van der Waals surface area contributed by atoms with Crippen molar-refractivity contribution in [1.82, 2.24) is 5.32 Å². The fraction of sp³-hybridized carbons (Fsp3) is 0.917. The van der Waals surface area contributed by atoms with Gasteiger partial charge in [0.1, 0.15) is 0 Å². The monoisotopic (exact) mass is 212 g/mol. The first kappa shape index (κ1) is 12.5. The molecule has 3 N–H and O–H groups in total. The lowest BCUT2D eigenvalue weighted by Crippen LogP contribution is -2.41. The summed E-state index contributed by atoms with van der Waals surface area (Å²) in [6, 6.07) is 0. The van der Waals surface area contributed by atoms with Gasteiger partial charge in [-0.1, -0.05) is 27.2 Å². The van der Waals surface area contributed by atoms with Gasteiger partial charge in [0, 0.05) is 13.1 Å². The molecule has 15 heavy (non-hydrogen) atoms. The third kappa shape index (κ3) is 3.20. The van der Waals surface area contributed by atoms with Crippen molar-refractivity contribution < 1.29 is 4.79 Å². The lowest BCUT2D eigenvalue weighted by Gasteiger charge is -2.25. The summed E-state index contributed by atoms with van der Waals surface area (Å²) in [6.45, 7) is 7.82. The summed E-state index contributed by atoms with van der Waals surface area (Å²) in [5.74, 6) is 0.161. The van der Waals surface area contributed by atoms with Crippen molar-refractivity contribution in [1.29, 1.82) is 0 Å². The Bertz CT molecular complexity index is 232. The molecule has 0 aliphatic heterocycles. The van der Waals surface area contributed by atoms with E-state index in [0.29, 0.717) is 6.54 Å². The van der Waals surface area contributed by atoms with Gasteiger partial charge < -0.3 is 11.1 Å². The number of nitrogens with two attached hydrogens (primary N) is 1. The summed E-state index contributed by atoms with van der Waals surface area (Å²) >= 11 is 0. The van der Waals surface area contributed by atoms with Crippen LogP contribution in [0, 0.1) is 10.8 Å². The van der Waals surface area contributed by atoms with Crippen LogP contribution in [0.25, 0.3) is 0 Å². The molecule has 3 heteroatoms. The smallest absolute Gasteiger partial charge is 0.227 e. The molecule has 0 aromatic rings. The topological polar surface area (TPSA) is 55.1 Å². The molecule has 0 saturated heterocycles. The summed E-state index contributed by atoms with van der Waals surface area (Å²) in [4.78, 5) is 11.8. The molecule has 1 rings (SSSR count). The maximum absolute atomic E-state index is 11.8. The third-order valence-corrected chi connectivity index (χ3v) is 3.38. The van der Waals surface area contributed by atoms with Crippen LogP contribution in [-0.4, -0.2) is 19.0 Å². The Hall–Kier alpha value is -0.570. The van der Waals surface area contributed by atoms with Crippen molar-refractivity contribution in [2.24, 2.45) is 16.6 Å². The van der Waals surface area contributed by atoms with Crippen molar-refractivity contribution in [2.45, 2.75) is 46.5 Å². The first-order valence-corrected chi connectivity index (χ1v) is 5.94. The Morgan fingerprint density at radius 3 is 2.47 bits per heavy atom. The first-order valence-electron chi connectivity index (χ1n) is 5.94. The van der Waals surface area contributed by atoms with Gasteiger partial charge in [-0.05, 0) is 24.7 Å². The minimum Gasteiger partial charge on any atom is -0.355 e. The lowest BCUT2D eigenvalue weighted by molar-refractivity contribution is -0.126. The van der Waals surface area contributed by atoms with Crippen molar-refractivity contribution in [3.63, 3.8) is 0 Å². The zero-order valence-electron chi connectivity index (χ0n) is 10.2. The Balaban J connectivity index is 2.34. The molecule has 0 aromatic carbocycles. The Morgan fingerprint density at radius 1 is 1.47 bits per heavy atom. The average molecular weight is 212 g/mol. The largest absolute Gasteiger partial charge is 0.355 e. The van der Waals surface area contributed by atoms with Crippen LogP contribution in [0.3, 0.4) is 0 Å². The van der Waals surface area contributed by atoms with Gasteiger partial charge in [-0.3, -0.25) is 4.79 Å². The van der Waals surface area contributed by atoms with Crippen LogP contribution >= 0.6 is 0 Å². The molecule has 1 aliphatic carbocycles. The molecule has 0 aromatic heterocycles. The van der Waals surface area contributed by atoms with Gasteiger partial charge in [0.15, 0.2) is 0 Å². The Kier molecular flexibility index (Phi) is 3.77. The van der Waals surface area contributed by atoms with Gasteiger partial charge in [0.05, 0.1) is 5.41 Å². The van der Waals surface area contributed by atoms with Gasteiger partial charge >= 0.3 is 0 Å². The second-order valence-corrected chi connectivity index (χ2v) is 5.58. The number of hydrogen-bond donors (Lipinski definition) is 2. The summed E-state index contributed by atoms with van der Waals surface area (Å²) < 4.78 is 0. The predicted molar refractivity (Wildman–Crippen MR) is 62.4 cm³/mol. The van der Waals surface area contributed by atoms with E-state index in [4.69, 9.17) is 5.73 Å². The Morgan fingerprint density at radius 2 is 2.07 bits per heavy atom. The van der Waals surface area contributed by atoms with E-state index in [0.717, 1.165) is 32.2 Å². The van der Waals surface area contributed by atoms with Crippen molar-refractivity contribution in [2.75, 3.05) is 13.1 Å². The fourth-order valence-corrected chi connectivity index (χ4v) is 1.95. The number of nitrogens with one attached hydrogen (secondary N) is 1. The highest BCUT2D eigenvalue weighted by Crippen LogP contribution is 2.44. The number of rotatable bonds is 6. The van der Waals surface area contributed by atoms with Crippen LogP contribution in [-0.2, 0) is 4.79 Å². The lowest BCUT2D eigenvalue weighted by atomic mass is 9.88. The van der Waals surface area contributed by atoms with Crippen molar-refractivity contribution in [3.8, 4) is 0 Å². The second kappa shape index (κ2) is 4.52. The second-order valence-electron chi connectivity index (χ2n) is 5.58. The highest BCUT2D eigenvalue weighted by atomic mass is 16.2. The van der Waals surface area contributed by atoms with E-state index in [-0.39, 0.29) is 16.7 Å². The molecule has 0 radical (unpaired) electrons. The summed E-state index contributed by atoms with van der Waals surface area (Å²) in [7, 11) is 0. The van der Waals surface area contributed by atoms with E-state index in [9.17, 15) is 4.79 Å². The fourth-order valence-electron chi connectivity index (χ4n) is 1.95. The van der Waals surface area contributed by atoms with Gasteiger partial charge in [-0.25, -0.2) is 0 Å². The van der Waals surface area contributed by atoms with E-state index < -0.39 is 0 Å². The van der Waals surface area contributed by atoms with Gasteiger partial charge in [0.25, 0.3) is 0 Å². The number of carbonyl (C=O) groups is 1. The highest BCUT2D eigenvalue weighted by molar-refractivity contribution is 5.85. The van der Waals surface area contributed by atoms with Crippen LogP contribution in [0.5, 0.6) is 0 Å². The number of amides is 1. The first-order chi connectivity index (χ1) is 6.96. The van der Waals surface area contributed by atoms with Gasteiger partial charge in [-0.15, -0.1) is 0 Å². The maximum Gasteiger partial charge on any atom is 0.227 e. The number of hydrogen-bond acceptors (Lipinski definition) is 2. The van der Waals surface area contributed by atoms with Crippen LogP contribution in [0.2, 0.25) is 0 Å². The molecule has 1 amide bonds. The molecule has 0 bridgehead atoms. The summed E-state index contributed by atoms with van der Waals surface area (Å²) in [5.41, 5.74) is 5.60. The average Bonchev–Trinajstić information content (AvgIpc) is 2.95. The predicted octanol–water partition coefficient (Wildman–Crippen LogP) is 1.67. The van der Waals surface area contributed by atoms with Gasteiger partial charge in [-0.2, -0.15) is 0 Å². The minimum absolute atomic E-state index is 0.161. The Labute approximate surface area is 92.8 Å². The molecule has 1 saturated carbocycles. The van der Waals surface area contributed by atoms with E-state index in [1.165, 1.54) is 0 Å². The van der Waals surface area contributed by atoms with Crippen LogP contribution in [0.4, 0.5) is 0 Å². The van der Waals surface area contributed by atoms with Crippen LogP contribution < -0.4 is 11.1 Å². The van der Waals surface area contributed by atoms with Crippen LogP contribution in [0.15, 0.2) is 0 Å². The maximum atomic E-state index is 11.8. The van der Waals surface area contributed by atoms with Crippen molar-refractivity contribution in [3.05, 3.63) is 0 Å². The highest BCUT2D eigenvalue weighted by Gasteiger charge is 2.48. The molecule has 0 spiro atoms. The zero-order valence-corrected chi connectivity index (χ0v) is 10.2. The molecule has 88 valence electrons. The molecule has 0 heterocycles. The SMILES string of the molecule is CCCC(C)(C)CNC(=O)C1(CN)CC1. The summed E-state index contributed by atoms with van der Waals surface area (Å²) in [6.07, 6.45) is 4.22. The van der Waals surface area contributed by atoms with Crippen molar-refractivity contribution >= 4 is 5.91 Å². The molecule has 1 fully saturated rings. The van der Waals surface area contributed by atoms with E-state index in [1.54, 1.807) is 0 Å². The van der Waals surface area contributed by atoms with Gasteiger partial charge in [0.2, 0.25) is 5.91 Å². The third-order valence-electron chi connectivity index (χ3n) is 3.38. The normalized spacial score (nSPS) is 18.7. The number of carbonyl (C=O) groups excluding carboxylic acids is 1. The van der Waals surface area contributed by atoms with E-state index in [2.05, 4.69) is 26.1 Å². The molecule has 0 atom stereocenters. The quantitative estimate of drug-likeness (QED) is 0.703. The molecule has 0 unspecified atom stereocenters. The van der Waals surface area contributed by atoms with E-state index >= 15 is 0 Å². The zero-order chi connectivity index (χ0) is 11.5. The molecular weight excluding hydrogens is 188 g/mol. The minimum atomic E-state index is -0.206. The molecule has 1 aliphatic rings. The van der Waals surface area contributed by atoms with E-state index in [1.807, 2.05) is 0 Å². The van der Waals surface area contributed by atoms with Crippen LogP contribution in [0.1, 0.15) is 46.5 Å². The standard InChI is InChI=1S/C12H24N2O/c1-4-5-11(2,3)9-14-10(15)12(8-13)6-7-12/h4-9,13H2,1-3H3,(H,14,15). The molecular formula is C12H24N2O. The molecule has 3 nitrogen and oxygen atoms in total.